The maximum absolute atomic E-state index is 12.2. The van der Waals surface area contributed by atoms with E-state index in [-0.39, 0.29) is 5.91 Å². The molecule has 1 aliphatic rings. The van der Waals surface area contributed by atoms with Gasteiger partial charge in [0.25, 0.3) is 0 Å². The van der Waals surface area contributed by atoms with E-state index in [0.717, 1.165) is 44.5 Å². The quantitative estimate of drug-likeness (QED) is 0.868. The number of halogens is 2. The number of nitrogens with one attached hydrogen (secondary N) is 1. The molecule has 1 fully saturated rings. The van der Waals surface area contributed by atoms with Crippen LogP contribution in [-0.4, -0.2) is 37.5 Å². The van der Waals surface area contributed by atoms with Gasteiger partial charge in [-0.3, -0.25) is 4.79 Å². The van der Waals surface area contributed by atoms with E-state index in [4.69, 9.17) is 23.2 Å². The van der Waals surface area contributed by atoms with E-state index in [1.807, 2.05) is 30.1 Å². The lowest BCUT2D eigenvalue weighted by Crippen LogP contribution is -2.30. The van der Waals surface area contributed by atoms with Crippen LogP contribution in [-0.2, 0) is 11.2 Å². The number of carbonyl (C=O) groups is 1. The Morgan fingerprint density at radius 1 is 1.38 bits per heavy atom. The van der Waals surface area contributed by atoms with Gasteiger partial charge >= 0.3 is 0 Å². The summed E-state index contributed by atoms with van der Waals surface area (Å²) in [4.78, 5) is 14.2. The molecule has 116 valence electrons. The van der Waals surface area contributed by atoms with Crippen LogP contribution in [0.15, 0.2) is 18.2 Å². The van der Waals surface area contributed by atoms with Crippen molar-refractivity contribution in [2.24, 2.45) is 5.92 Å². The molecule has 0 saturated carbocycles. The molecule has 2 rings (SSSR count). The second-order valence-corrected chi connectivity index (χ2v) is 6.47. The van der Waals surface area contributed by atoms with Crippen molar-refractivity contribution in [3.05, 3.63) is 33.8 Å². The Morgan fingerprint density at radius 3 is 2.90 bits per heavy atom. The predicted octanol–water partition coefficient (Wildman–Crippen LogP) is 3.38. The minimum absolute atomic E-state index is 0.272. The van der Waals surface area contributed by atoms with E-state index in [9.17, 15) is 4.79 Å². The molecule has 1 aromatic carbocycles. The van der Waals surface area contributed by atoms with Crippen LogP contribution in [0.25, 0.3) is 0 Å². The van der Waals surface area contributed by atoms with Crippen molar-refractivity contribution in [3.63, 3.8) is 0 Å². The van der Waals surface area contributed by atoms with Crippen LogP contribution in [0.4, 0.5) is 0 Å². The number of likely N-dealkylation sites (tertiary alicyclic amines) is 1. The summed E-state index contributed by atoms with van der Waals surface area (Å²) >= 11 is 11.9. The highest BCUT2D eigenvalue weighted by Gasteiger charge is 2.25. The third kappa shape index (κ3) is 4.87. The van der Waals surface area contributed by atoms with Crippen LogP contribution in [0, 0.1) is 5.92 Å². The maximum Gasteiger partial charge on any atom is 0.222 e. The Labute approximate surface area is 136 Å². The first-order valence-electron chi connectivity index (χ1n) is 7.46. The fourth-order valence-corrected chi connectivity index (χ4v) is 3.13. The number of rotatable bonds is 6. The predicted molar refractivity (Wildman–Crippen MR) is 88.0 cm³/mol. The summed E-state index contributed by atoms with van der Waals surface area (Å²) in [6, 6.07) is 5.66. The lowest BCUT2D eigenvalue weighted by molar-refractivity contribution is -0.130. The molecule has 1 amide bonds. The zero-order valence-corrected chi connectivity index (χ0v) is 13.9. The van der Waals surface area contributed by atoms with Crippen molar-refractivity contribution in [2.45, 2.75) is 25.7 Å². The number of hydrogen-bond donors (Lipinski definition) is 1. The van der Waals surface area contributed by atoms with Crippen molar-refractivity contribution < 1.29 is 4.79 Å². The average molecular weight is 329 g/mol. The first kappa shape index (κ1) is 16.6. The SMILES string of the molecule is CNCC1CCN(C(=O)CCCc2ccc(Cl)c(Cl)c2)C1. The molecule has 1 heterocycles. The van der Waals surface area contributed by atoms with E-state index in [0.29, 0.717) is 22.4 Å². The summed E-state index contributed by atoms with van der Waals surface area (Å²) in [6.45, 7) is 2.79. The van der Waals surface area contributed by atoms with Gasteiger partial charge in [0.2, 0.25) is 5.91 Å². The van der Waals surface area contributed by atoms with Crippen LogP contribution >= 0.6 is 23.2 Å². The standard InChI is InChI=1S/C16H22Cl2N2O/c1-19-10-13-7-8-20(11-13)16(21)4-2-3-12-5-6-14(17)15(18)9-12/h5-6,9,13,19H,2-4,7-8,10-11H2,1H3. The highest BCUT2D eigenvalue weighted by Crippen LogP contribution is 2.23. The molecule has 1 saturated heterocycles. The topological polar surface area (TPSA) is 32.3 Å². The Kier molecular flexibility index (Phi) is 6.34. The Balaban J connectivity index is 1.73. The highest BCUT2D eigenvalue weighted by molar-refractivity contribution is 6.42. The molecule has 21 heavy (non-hydrogen) atoms. The Bertz CT molecular complexity index is 493. The van der Waals surface area contributed by atoms with E-state index < -0.39 is 0 Å². The zero-order chi connectivity index (χ0) is 15.2. The van der Waals surface area contributed by atoms with Gasteiger partial charge in [-0.1, -0.05) is 29.3 Å². The molecule has 1 aromatic rings. The number of carbonyl (C=O) groups excluding carboxylic acids is 1. The third-order valence-electron chi connectivity index (χ3n) is 3.97. The van der Waals surface area contributed by atoms with E-state index >= 15 is 0 Å². The number of hydrogen-bond acceptors (Lipinski definition) is 2. The molecule has 0 bridgehead atoms. The number of aryl methyl sites for hydroxylation is 1. The van der Waals surface area contributed by atoms with Crippen molar-refractivity contribution in [3.8, 4) is 0 Å². The van der Waals surface area contributed by atoms with Gasteiger partial charge in [-0.25, -0.2) is 0 Å². The minimum Gasteiger partial charge on any atom is -0.342 e. The van der Waals surface area contributed by atoms with Crippen molar-refractivity contribution in [2.75, 3.05) is 26.7 Å². The molecule has 1 atom stereocenters. The van der Waals surface area contributed by atoms with Crippen LogP contribution < -0.4 is 5.32 Å². The van der Waals surface area contributed by atoms with E-state index in [2.05, 4.69) is 5.32 Å². The largest absolute Gasteiger partial charge is 0.342 e. The molecule has 5 heteroatoms. The van der Waals surface area contributed by atoms with Gasteiger partial charge in [-0.05, 0) is 56.5 Å². The summed E-state index contributed by atoms with van der Waals surface area (Å²) in [6.07, 6.45) is 3.42. The average Bonchev–Trinajstić information content (AvgIpc) is 2.92. The Morgan fingerprint density at radius 2 is 2.19 bits per heavy atom. The molecular formula is C16H22Cl2N2O. The first-order chi connectivity index (χ1) is 10.1. The lowest BCUT2D eigenvalue weighted by Gasteiger charge is -2.16. The molecule has 0 spiro atoms. The fraction of sp³-hybridized carbons (Fsp3) is 0.562. The molecule has 1 aliphatic heterocycles. The van der Waals surface area contributed by atoms with Crippen molar-refractivity contribution >= 4 is 29.1 Å². The number of nitrogens with zero attached hydrogens (tertiary/aromatic N) is 1. The van der Waals surface area contributed by atoms with Gasteiger partial charge in [-0.2, -0.15) is 0 Å². The molecule has 0 aromatic heterocycles. The molecule has 1 N–H and O–H groups in total. The molecular weight excluding hydrogens is 307 g/mol. The molecule has 0 radical (unpaired) electrons. The summed E-state index contributed by atoms with van der Waals surface area (Å²) < 4.78 is 0. The molecule has 3 nitrogen and oxygen atoms in total. The van der Waals surface area contributed by atoms with Gasteiger partial charge < -0.3 is 10.2 Å². The second-order valence-electron chi connectivity index (χ2n) is 5.65. The second kappa shape index (κ2) is 8.02. The third-order valence-corrected chi connectivity index (χ3v) is 4.71. The monoisotopic (exact) mass is 328 g/mol. The van der Waals surface area contributed by atoms with Gasteiger partial charge in [-0.15, -0.1) is 0 Å². The number of benzene rings is 1. The first-order valence-corrected chi connectivity index (χ1v) is 8.22. The highest BCUT2D eigenvalue weighted by atomic mass is 35.5. The molecule has 0 aliphatic carbocycles. The zero-order valence-electron chi connectivity index (χ0n) is 12.4. The van der Waals surface area contributed by atoms with Crippen LogP contribution in [0.5, 0.6) is 0 Å². The fourth-order valence-electron chi connectivity index (χ4n) is 2.81. The maximum atomic E-state index is 12.2. The van der Waals surface area contributed by atoms with Crippen molar-refractivity contribution in [1.82, 2.24) is 10.2 Å². The summed E-state index contributed by atoms with van der Waals surface area (Å²) in [5.41, 5.74) is 1.13. The smallest absolute Gasteiger partial charge is 0.222 e. The summed E-state index contributed by atoms with van der Waals surface area (Å²) in [5, 5.41) is 4.33. The summed E-state index contributed by atoms with van der Waals surface area (Å²) in [7, 11) is 1.96. The van der Waals surface area contributed by atoms with Gasteiger partial charge in [0.1, 0.15) is 0 Å². The normalized spacial score (nSPS) is 18.2. The lowest BCUT2D eigenvalue weighted by atomic mass is 10.1. The van der Waals surface area contributed by atoms with Crippen molar-refractivity contribution in [1.29, 1.82) is 0 Å². The van der Waals surface area contributed by atoms with Gasteiger partial charge in [0.15, 0.2) is 0 Å². The van der Waals surface area contributed by atoms with E-state index in [1.165, 1.54) is 0 Å². The number of amides is 1. The van der Waals surface area contributed by atoms with Gasteiger partial charge in [0.05, 0.1) is 10.0 Å². The Hall–Kier alpha value is -0.770. The molecule has 1 unspecified atom stereocenters. The van der Waals surface area contributed by atoms with Crippen LogP contribution in [0.3, 0.4) is 0 Å². The summed E-state index contributed by atoms with van der Waals surface area (Å²) in [5.74, 6) is 0.877. The van der Waals surface area contributed by atoms with Gasteiger partial charge in [0, 0.05) is 19.5 Å². The van der Waals surface area contributed by atoms with Crippen LogP contribution in [0.1, 0.15) is 24.8 Å². The van der Waals surface area contributed by atoms with E-state index in [1.54, 1.807) is 0 Å². The minimum atomic E-state index is 0.272. The van der Waals surface area contributed by atoms with Crippen LogP contribution in [0.2, 0.25) is 10.0 Å².